The number of alkyl halides is 1. The standard InChI is InChI=1S/C12H14BrNO3/c1-17-12-6-8-3-2-4-11(14(15)16)10(8)5-9(12)7-13/h4-6,8,10H,2-3,7H2,1H3/t8-,10?/m0/s1. The van der Waals surface area contributed by atoms with Gasteiger partial charge in [-0.05, 0) is 30.9 Å². The predicted molar refractivity (Wildman–Crippen MR) is 68.3 cm³/mol. The Labute approximate surface area is 108 Å². The lowest BCUT2D eigenvalue weighted by molar-refractivity contribution is -0.434. The smallest absolute Gasteiger partial charge is 0.249 e. The lowest BCUT2D eigenvalue weighted by Gasteiger charge is -2.28. The summed E-state index contributed by atoms with van der Waals surface area (Å²) in [4.78, 5) is 10.7. The molecule has 0 saturated heterocycles. The third-order valence-corrected chi connectivity index (χ3v) is 3.90. The first-order valence-corrected chi connectivity index (χ1v) is 6.66. The minimum Gasteiger partial charge on any atom is -0.497 e. The van der Waals surface area contributed by atoms with E-state index in [1.165, 1.54) is 0 Å². The highest BCUT2D eigenvalue weighted by molar-refractivity contribution is 9.09. The van der Waals surface area contributed by atoms with Crippen molar-refractivity contribution in [1.29, 1.82) is 0 Å². The largest absolute Gasteiger partial charge is 0.497 e. The van der Waals surface area contributed by atoms with Crippen LogP contribution in [0.25, 0.3) is 0 Å². The van der Waals surface area contributed by atoms with Crippen molar-refractivity contribution in [1.82, 2.24) is 0 Å². The van der Waals surface area contributed by atoms with E-state index in [2.05, 4.69) is 15.9 Å². The van der Waals surface area contributed by atoms with Gasteiger partial charge in [0.25, 0.3) is 0 Å². The van der Waals surface area contributed by atoms with Crippen molar-refractivity contribution in [2.75, 3.05) is 12.4 Å². The van der Waals surface area contributed by atoms with E-state index in [0.717, 1.165) is 24.2 Å². The molecule has 1 unspecified atom stereocenters. The lowest BCUT2D eigenvalue weighted by atomic mass is 9.77. The molecule has 0 fully saturated rings. The average molecular weight is 300 g/mol. The van der Waals surface area contributed by atoms with Gasteiger partial charge < -0.3 is 4.74 Å². The summed E-state index contributed by atoms with van der Waals surface area (Å²) in [5.41, 5.74) is 1.31. The Morgan fingerprint density at radius 2 is 2.35 bits per heavy atom. The highest BCUT2D eigenvalue weighted by Gasteiger charge is 2.36. The van der Waals surface area contributed by atoms with Crippen molar-refractivity contribution >= 4 is 15.9 Å². The molecule has 0 aromatic carbocycles. The van der Waals surface area contributed by atoms with Gasteiger partial charge in [0.15, 0.2) is 0 Å². The number of methoxy groups -OCH3 is 1. The van der Waals surface area contributed by atoms with Gasteiger partial charge in [0, 0.05) is 10.9 Å². The van der Waals surface area contributed by atoms with Crippen molar-refractivity contribution < 1.29 is 9.66 Å². The fraction of sp³-hybridized carbons (Fsp3) is 0.500. The zero-order valence-corrected chi connectivity index (χ0v) is 11.1. The molecule has 0 bridgehead atoms. The van der Waals surface area contributed by atoms with Gasteiger partial charge in [-0.3, -0.25) is 10.1 Å². The molecule has 4 nitrogen and oxygen atoms in total. The Hall–Kier alpha value is -1.10. The molecular weight excluding hydrogens is 286 g/mol. The van der Waals surface area contributed by atoms with E-state index in [-0.39, 0.29) is 16.8 Å². The molecule has 17 heavy (non-hydrogen) atoms. The molecule has 2 aliphatic carbocycles. The first-order valence-electron chi connectivity index (χ1n) is 5.54. The van der Waals surface area contributed by atoms with Crippen LogP contribution in [0.1, 0.15) is 12.8 Å². The average Bonchev–Trinajstić information content (AvgIpc) is 2.35. The van der Waals surface area contributed by atoms with Gasteiger partial charge in [-0.2, -0.15) is 0 Å². The summed E-state index contributed by atoms with van der Waals surface area (Å²) in [5, 5.41) is 11.7. The number of allylic oxidation sites excluding steroid dienone is 4. The number of hydrogen-bond acceptors (Lipinski definition) is 3. The van der Waals surface area contributed by atoms with Crippen LogP contribution in [0.4, 0.5) is 0 Å². The van der Waals surface area contributed by atoms with E-state index < -0.39 is 0 Å². The summed E-state index contributed by atoms with van der Waals surface area (Å²) in [5.74, 6) is 0.927. The van der Waals surface area contributed by atoms with E-state index in [9.17, 15) is 10.1 Å². The number of nitro groups is 1. The van der Waals surface area contributed by atoms with Crippen LogP contribution in [0.3, 0.4) is 0 Å². The summed E-state index contributed by atoms with van der Waals surface area (Å²) in [6, 6.07) is 0. The van der Waals surface area contributed by atoms with Crippen LogP contribution >= 0.6 is 15.9 Å². The summed E-state index contributed by atoms with van der Waals surface area (Å²) in [6.07, 6.45) is 7.45. The summed E-state index contributed by atoms with van der Waals surface area (Å²) in [6.45, 7) is 0. The van der Waals surface area contributed by atoms with E-state index in [1.54, 1.807) is 13.2 Å². The van der Waals surface area contributed by atoms with Crippen LogP contribution in [0, 0.1) is 22.0 Å². The molecule has 5 heteroatoms. The number of ether oxygens (including phenoxy) is 1. The van der Waals surface area contributed by atoms with E-state index in [1.807, 2.05) is 12.2 Å². The SMILES string of the molecule is COC1=C[C@@H]2CCC=C([N+](=O)[O-])C2C=C1CBr. The van der Waals surface area contributed by atoms with E-state index in [4.69, 9.17) is 4.74 Å². The molecule has 0 aromatic rings. The van der Waals surface area contributed by atoms with Gasteiger partial charge in [0.05, 0.1) is 18.0 Å². The Morgan fingerprint density at radius 3 is 2.94 bits per heavy atom. The predicted octanol–water partition coefficient (Wildman–Crippen LogP) is 3.04. The molecule has 0 amide bonds. The van der Waals surface area contributed by atoms with Crippen LogP contribution in [-0.2, 0) is 4.74 Å². The number of nitrogens with zero attached hydrogens (tertiary/aromatic N) is 1. The Balaban J connectivity index is 2.35. The molecule has 2 rings (SSSR count). The summed E-state index contributed by atoms with van der Waals surface area (Å²) < 4.78 is 5.31. The molecule has 0 saturated carbocycles. The van der Waals surface area contributed by atoms with Crippen molar-refractivity contribution in [2.24, 2.45) is 11.8 Å². The molecule has 0 aliphatic heterocycles. The molecule has 0 radical (unpaired) electrons. The number of rotatable bonds is 3. The van der Waals surface area contributed by atoms with Gasteiger partial charge in [-0.1, -0.05) is 22.0 Å². The van der Waals surface area contributed by atoms with Crippen LogP contribution in [0.5, 0.6) is 0 Å². The second-order valence-electron chi connectivity index (χ2n) is 4.21. The summed E-state index contributed by atoms with van der Waals surface area (Å²) in [7, 11) is 1.63. The molecular formula is C12H14BrNO3. The number of halogens is 1. The van der Waals surface area contributed by atoms with Crippen molar-refractivity contribution in [3.05, 3.63) is 45.4 Å². The molecule has 0 spiro atoms. The van der Waals surface area contributed by atoms with Gasteiger partial charge in [0.2, 0.25) is 5.70 Å². The first-order chi connectivity index (χ1) is 8.17. The normalized spacial score (nSPS) is 27.5. The first kappa shape index (κ1) is 12.4. The molecule has 2 aliphatic rings. The second-order valence-corrected chi connectivity index (χ2v) is 4.77. The molecule has 0 N–H and O–H groups in total. The van der Waals surface area contributed by atoms with Gasteiger partial charge in [0.1, 0.15) is 5.76 Å². The minimum absolute atomic E-state index is 0.106. The second kappa shape index (κ2) is 5.04. The molecule has 0 heterocycles. The quantitative estimate of drug-likeness (QED) is 0.457. The fourth-order valence-electron chi connectivity index (χ4n) is 2.46. The zero-order chi connectivity index (χ0) is 12.4. The van der Waals surface area contributed by atoms with Gasteiger partial charge in [-0.15, -0.1) is 0 Å². The Morgan fingerprint density at radius 1 is 1.59 bits per heavy atom. The third kappa shape index (κ3) is 2.29. The van der Waals surface area contributed by atoms with Gasteiger partial charge in [-0.25, -0.2) is 0 Å². The maximum absolute atomic E-state index is 11.0. The summed E-state index contributed by atoms with van der Waals surface area (Å²) >= 11 is 3.39. The topological polar surface area (TPSA) is 52.4 Å². The maximum atomic E-state index is 11.0. The van der Waals surface area contributed by atoms with Crippen LogP contribution < -0.4 is 0 Å². The van der Waals surface area contributed by atoms with Crippen molar-refractivity contribution in [3.8, 4) is 0 Å². The van der Waals surface area contributed by atoms with E-state index in [0.29, 0.717) is 11.0 Å². The molecule has 0 aromatic heterocycles. The van der Waals surface area contributed by atoms with Crippen molar-refractivity contribution in [3.63, 3.8) is 0 Å². The Kier molecular flexibility index (Phi) is 3.66. The fourth-order valence-corrected chi connectivity index (χ4v) is 2.92. The Bertz CT molecular complexity index is 425. The van der Waals surface area contributed by atoms with E-state index >= 15 is 0 Å². The monoisotopic (exact) mass is 299 g/mol. The van der Waals surface area contributed by atoms with Crippen molar-refractivity contribution in [2.45, 2.75) is 12.8 Å². The lowest BCUT2D eigenvalue weighted by Crippen LogP contribution is -2.25. The van der Waals surface area contributed by atoms with Crippen LogP contribution in [0.15, 0.2) is 35.3 Å². The molecule has 92 valence electrons. The van der Waals surface area contributed by atoms with Crippen LogP contribution in [0.2, 0.25) is 0 Å². The minimum atomic E-state index is -0.259. The highest BCUT2D eigenvalue weighted by Crippen LogP contribution is 2.39. The third-order valence-electron chi connectivity index (χ3n) is 3.29. The molecule has 2 atom stereocenters. The highest BCUT2D eigenvalue weighted by atomic mass is 79.9. The van der Waals surface area contributed by atoms with Crippen LogP contribution in [-0.4, -0.2) is 17.4 Å². The zero-order valence-electron chi connectivity index (χ0n) is 9.56. The number of fused-ring (bicyclic) bond motifs is 1. The van der Waals surface area contributed by atoms with Gasteiger partial charge >= 0.3 is 0 Å². The maximum Gasteiger partial charge on any atom is 0.249 e. The number of hydrogen-bond donors (Lipinski definition) is 0.